The van der Waals surface area contributed by atoms with Gasteiger partial charge in [0.25, 0.3) is 5.91 Å². The van der Waals surface area contributed by atoms with Crippen molar-refractivity contribution in [2.75, 3.05) is 12.4 Å². The van der Waals surface area contributed by atoms with Crippen LogP contribution < -0.4 is 15.6 Å². The number of thioether (sulfide) groups is 1. The Morgan fingerprint density at radius 1 is 0.885 bits per heavy atom. The fourth-order valence-electron chi connectivity index (χ4n) is 2.38. The third-order valence-corrected chi connectivity index (χ3v) is 4.77. The minimum Gasteiger partial charge on any atom is -0.484 e. The van der Waals surface area contributed by atoms with Gasteiger partial charge in [-0.25, -0.2) is 0 Å². The molecule has 0 bridgehead atoms. The zero-order valence-electron chi connectivity index (χ0n) is 15.5. The molecule has 0 aromatic heterocycles. The maximum Gasteiger partial charge on any atom is 0.276 e. The summed E-state index contributed by atoms with van der Waals surface area (Å²) >= 11 is 1.44. The summed E-state index contributed by atoms with van der Waals surface area (Å²) in [7, 11) is 0. The maximum atomic E-state index is 11.9. The molecule has 138 valence electrons. The number of carbonyl (C=O) groups is 2. The number of amides is 2. The van der Waals surface area contributed by atoms with Gasteiger partial charge in [-0.3, -0.25) is 20.4 Å². The van der Waals surface area contributed by atoms with Gasteiger partial charge in [0.15, 0.2) is 6.61 Å². The maximum absolute atomic E-state index is 11.9. The Hall–Kier alpha value is -2.47. The number of carbonyl (C=O) groups excluding carboxylic acids is 2. The molecule has 2 N–H and O–H groups in total. The molecule has 2 rings (SSSR count). The number of ether oxygens (including phenoxy) is 1. The third-order valence-electron chi connectivity index (χ3n) is 3.61. The summed E-state index contributed by atoms with van der Waals surface area (Å²) in [6, 6.07) is 11.9. The van der Waals surface area contributed by atoms with Crippen molar-refractivity contribution < 1.29 is 14.3 Å². The van der Waals surface area contributed by atoms with E-state index >= 15 is 0 Å². The van der Waals surface area contributed by atoms with E-state index in [4.69, 9.17) is 4.74 Å². The van der Waals surface area contributed by atoms with E-state index < -0.39 is 5.91 Å². The van der Waals surface area contributed by atoms with Gasteiger partial charge in [-0.2, -0.15) is 0 Å². The van der Waals surface area contributed by atoms with Gasteiger partial charge in [0.1, 0.15) is 5.75 Å². The van der Waals surface area contributed by atoms with Crippen LogP contribution in [0.2, 0.25) is 0 Å². The lowest BCUT2D eigenvalue weighted by molar-refractivity contribution is -0.128. The van der Waals surface area contributed by atoms with Crippen LogP contribution in [0.15, 0.2) is 41.3 Å². The first-order valence-electron chi connectivity index (χ1n) is 8.32. The Labute approximate surface area is 158 Å². The van der Waals surface area contributed by atoms with Crippen molar-refractivity contribution in [1.82, 2.24) is 10.9 Å². The summed E-state index contributed by atoms with van der Waals surface area (Å²) in [5, 5.41) is 0. The summed E-state index contributed by atoms with van der Waals surface area (Å²) in [5.74, 6) is 0.182. The lowest BCUT2D eigenvalue weighted by Gasteiger charge is -2.10. The number of hydrazine groups is 1. The van der Waals surface area contributed by atoms with Crippen molar-refractivity contribution >= 4 is 23.6 Å². The highest BCUT2D eigenvalue weighted by Crippen LogP contribution is 2.23. The van der Waals surface area contributed by atoms with Crippen LogP contribution in [0.1, 0.15) is 22.3 Å². The van der Waals surface area contributed by atoms with Crippen LogP contribution in [0, 0.1) is 27.7 Å². The van der Waals surface area contributed by atoms with Gasteiger partial charge >= 0.3 is 0 Å². The molecule has 2 aromatic carbocycles. The molecule has 0 aliphatic carbocycles. The molecule has 0 radical (unpaired) electrons. The van der Waals surface area contributed by atoms with Crippen LogP contribution in [0.4, 0.5) is 0 Å². The van der Waals surface area contributed by atoms with Crippen LogP contribution in [-0.4, -0.2) is 24.2 Å². The summed E-state index contributed by atoms with van der Waals surface area (Å²) in [6.07, 6.45) is 0. The molecule has 0 unspecified atom stereocenters. The number of hydrogen-bond acceptors (Lipinski definition) is 4. The number of aryl methyl sites for hydroxylation is 4. The average Bonchev–Trinajstić information content (AvgIpc) is 2.58. The first-order valence-corrected chi connectivity index (χ1v) is 9.31. The molecule has 5 nitrogen and oxygen atoms in total. The zero-order valence-corrected chi connectivity index (χ0v) is 16.3. The molecule has 0 heterocycles. The van der Waals surface area contributed by atoms with E-state index in [0.29, 0.717) is 5.75 Å². The quantitative estimate of drug-likeness (QED) is 0.603. The lowest BCUT2D eigenvalue weighted by atomic mass is 10.1. The molecular formula is C20H24N2O3S. The molecule has 0 atom stereocenters. The monoisotopic (exact) mass is 372 g/mol. The first kappa shape index (κ1) is 19.8. The van der Waals surface area contributed by atoms with Crippen molar-refractivity contribution in [3.05, 3.63) is 58.7 Å². The molecule has 2 amide bonds. The Morgan fingerprint density at radius 3 is 2.23 bits per heavy atom. The number of hydrogen-bond donors (Lipinski definition) is 2. The molecule has 2 aromatic rings. The molecule has 0 saturated carbocycles. The van der Waals surface area contributed by atoms with E-state index in [1.54, 1.807) is 0 Å². The molecule has 0 saturated heterocycles. The molecule has 0 aliphatic rings. The summed E-state index contributed by atoms with van der Waals surface area (Å²) < 4.78 is 5.45. The molecule has 0 aliphatic heterocycles. The van der Waals surface area contributed by atoms with Crippen LogP contribution in [0.3, 0.4) is 0 Å². The number of nitrogens with one attached hydrogen (secondary N) is 2. The minimum absolute atomic E-state index is 0.159. The van der Waals surface area contributed by atoms with Gasteiger partial charge in [-0.15, -0.1) is 11.8 Å². The highest BCUT2D eigenvalue weighted by molar-refractivity contribution is 8.00. The zero-order chi connectivity index (χ0) is 19.1. The van der Waals surface area contributed by atoms with Gasteiger partial charge < -0.3 is 4.74 Å². The number of rotatable bonds is 6. The minimum atomic E-state index is -0.408. The van der Waals surface area contributed by atoms with Crippen LogP contribution in [-0.2, 0) is 9.59 Å². The van der Waals surface area contributed by atoms with Crippen molar-refractivity contribution in [1.29, 1.82) is 0 Å². The fourth-order valence-corrected chi connectivity index (χ4v) is 3.31. The Bertz CT molecular complexity index is 785. The average molecular weight is 372 g/mol. The second kappa shape index (κ2) is 9.29. The summed E-state index contributed by atoms with van der Waals surface area (Å²) in [5.41, 5.74) is 9.18. The molecule has 6 heteroatoms. The van der Waals surface area contributed by atoms with Crippen LogP contribution >= 0.6 is 11.8 Å². The van der Waals surface area contributed by atoms with Crippen molar-refractivity contribution in [3.63, 3.8) is 0 Å². The second-order valence-corrected chi connectivity index (χ2v) is 7.28. The van der Waals surface area contributed by atoms with Crippen LogP contribution in [0.5, 0.6) is 5.75 Å². The van der Waals surface area contributed by atoms with Gasteiger partial charge in [0, 0.05) is 4.90 Å². The van der Waals surface area contributed by atoms with E-state index in [2.05, 4.69) is 10.9 Å². The SMILES string of the molecule is Cc1cc(C)cc(OCC(=O)NNC(=O)CSc2cc(C)ccc2C)c1. The largest absolute Gasteiger partial charge is 0.484 e. The van der Waals surface area contributed by atoms with E-state index in [9.17, 15) is 9.59 Å². The lowest BCUT2D eigenvalue weighted by Crippen LogP contribution is -2.44. The first-order chi connectivity index (χ1) is 12.3. The number of benzene rings is 2. The molecule has 0 spiro atoms. The van der Waals surface area contributed by atoms with E-state index in [-0.39, 0.29) is 18.3 Å². The van der Waals surface area contributed by atoms with E-state index in [1.807, 2.05) is 64.1 Å². The predicted molar refractivity (Wildman–Crippen MR) is 104 cm³/mol. The van der Waals surface area contributed by atoms with Gasteiger partial charge in [-0.05, 0) is 62.6 Å². The topological polar surface area (TPSA) is 67.4 Å². The molecular weight excluding hydrogens is 348 g/mol. The Kier molecular flexibility index (Phi) is 7.09. The Morgan fingerprint density at radius 2 is 1.54 bits per heavy atom. The van der Waals surface area contributed by atoms with Crippen molar-refractivity contribution in [3.8, 4) is 5.75 Å². The summed E-state index contributed by atoms with van der Waals surface area (Å²) in [6.45, 7) is 7.79. The summed E-state index contributed by atoms with van der Waals surface area (Å²) in [4.78, 5) is 24.8. The van der Waals surface area contributed by atoms with E-state index in [1.165, 1.54) is 11.8 Å². The van der Waals surface area contributed by atoms with Crippen LogP contribution in [0.25, 0.3) is 0 Å². The molecule has 0 fully saturated rings. The van der Waals surface area contributed by atoms with E-state index in [0.717, 1.165) is 27.1 Å². The van der Waals surface area contributed by atoms with Crippen molar-refractivity contribution in [2.24, 2.45) is 0 Å². The van der Waals surface area contributed by atoms with Gasteiger partial charge in [0.2, 0.25) is 5.91 Å². The van der Waals surface area contributed by atoms with Gasteiger partial charge in [0.05, 0.1) is 5.75 Å². The highest BCUT2D eigenvalue weighted by atomic mass is 32.2. The smallest absolute Gasteiger partial charge is 0.276 e. The second-order valence-electron chi connectivity index (χ2n) is 6.27. The molecule has 26 heavy (non-hydrogen) atoms. The predicted octanol–water partition coefficient (Wildman–Crippen LogP) is 3.24. The fraction of sp³-hybridized carbons (Fsp3) is 0.300. The Balaban J connectivity index is 1.72. The highest BCUT2D eigenvalue weighted by Gasteiger charge is 2.08. The third kappa shape index (κ3) is 6.44. The van der Waals surface area contributed by atoms with Crippen molar-refractivity contribution in [2.45, 2.75) is 32.6 Å². The standard InChI is InChI=1S/C20H24N2O3S/c1-13-5-6-16(4)18(10-13)26-12-20(24)22-21-19(23)11-25-17-8-14(2)7-15(3)9-17/h5-10H,11-12H2,1-4H3,(H,21,23)(H,22,24). The normalized spacial score (nSPS) is 10.3. The van der Waals surface area contributed by atoms with Gasteiger partial charge in [-0.1, -0.05) is 23.8 Å².